The second-order valence-corrected chi connectivity index (χ2v) is 6.98. The van der Waals surface area contributed by atoms with E-state index in [0.29, 0.717) is 19.4 Å². The van der Waals surface area contributed by atoms with Gasteiger partial charge in [0.25, 0.3) is 0 Å². The molecule has 4 atom stereocenters. The minimum absolute atomic E-state index is 0.305. The van der Waals surface area contributed by atoms with Gasteiger partial charge in [-0.3, -0.25) is 0 Å². The molecular weight excluding hydrogens is 264 g/mol. The smallest absolute Gasteiger partial charge is 0.164 e. The van der Waals surface area contributed by atoms with Crippen LogP contribution in [0, 0.1) is 0 Å². The molecule has 0 aromatic carbocycles. The number of ether oxygens (including phenoxy) is 4. The van der Waals surface area contributed by atoms with Crippen LogP contribution in [-0.4, -0.2) is 58.4 Å². The average Bonchev–Trinajstić information content (AvgIpc) is 2.82. The number of aliphatic hydroxyl groups is 2. The maximum atomic E-state index is 10.6. The maximum Gasteiger partial charge on any atom is 0.164 e. The van der Waals surface area contributed by atoms with Crippen molar-refractivity contribution in [2.45, 2.75) is 82.1 Å². The zero-order valence-electron chi connectivity index (χ0n) is 12.5. The lowest BCUT2D eigenvalue weighted by Crippen LogP contribution is -2.49. The van der Waals surface area contributed by atoms with Gasteiger partial charge in [0.2, 0.25) is 0 Å². The highest BCUT2D eigenvalue weighted by atomic mass is 16.8. The van der Waals surface area contributed by atoms with Crippen LogP contribution in [0.5, 0.6) is 0 Å². The van der Waals surface area contributed by atoms with Crippen molar-refractivity contribution in [3.05, 3.63) is 0 Å². The molecule has 0 aromatic heterocycles. The lowest BCUT2D eigenvalue weighted by Gasteiger charge is -2.28. The predicted molar refractivity (Wildman–Crippen MR) is 68.9 cm³/mol. The van der Waals surface area contributed by atoms with E-state index in [4.69, 9.17) is 18.9 Å². The van der Waals surface area contributed by atoms with E-state index in [1.807, 2.05) is 13.8 Å². The SMILES string of the molecule is CC1(C)OC[C@H]([C@@H](O)[C@@H]2OC(C)(C)O[C@@H]2C2(O)CC2)O1. The highest BCUT2D eigenvalue weighted by Crippen LogP contribution is 2.48. The van der Waals surface area contributed by atoms with Gasteiger partial charge in [-0.1, -0.05) is 0 Å². The summed E-state index contributed by atoms with van der Waals surface area (Å²) in [6.45, 7) is 7.49. The molecule has 6 heteroatoms. The lowest BCUT2D eigenvalue weighted by molar-refractivity contribution is -0.179. The second-order valence-electron chi connectivity index (χ2n) is 6.98. The van der Waals surface area contributed by atoms with Gasteiger partial charge >= 0.3 is 0 Å². The third-order valence-electron chi connectivity index (χ3n) is 4.17. The quantitative estimate of drug-likeness (QED) is 0.789. The Morgan fingerprint density at radius 3 is 2.15 bits per heavy atom. The van der Waals surface area contributed by atoms with E-state index in [1.165, 1.54) is 0 Å². The Bertz CT molecular complexity index is 389. The minimum Gasteiger partial charge on any atom is -0.387 e. The van der Waals surface area contributed by atoms with Gasteiger partial charge in [-0.2, -0.15) is 0 Å². The van der Waals surface area contributed by atoms with Gasteiger partial charge in [0, 0.05) is 0 Å². The molecule has 6 nitrogen and oxygen atoms in total. The zero-order chi connectivity index (χ0) is 14.8. The van der Waals surface area contributed by atoms with Crippen LogP contribution in [-0.2, 0) is 18.9 Å². The summed E-state index contributed by atoms with van der Waals surface area (Å²) in [5.74, 6) is -1.52. The summed E-state index contributed by atoms with van der Waals surface area (Å²) in [6.07, 6.45) is -1.16. The van der Waals surface area contributed by atoms with Crippen LogP contribution >= 0.6 is 0 Å². The number of rotatable bonds is 3. The molecule has 1 saturated carbocycles. The normalized spacial score (nSPS) is 42.6. The molecule has 1 aliphatic carbocycles. The van der Waals surface area contributed by atoms with Crippen LogP contribution in [0.25, 0.3) is 0 Å². The van der Waals surface area contributed by atoms with Crippen molar-refractivity contribution >= 4 is 0 Å². The highest BCUT2D eigenvalue weighted by molar-refractivity contribution is 5.08. The fourth-order valence-corrected chi connectivity index (χ4v) is 2.96. The molecule has 116 valence electrons. The molecular formula is C14H24O6. The summed E-state index contributed by atoms with van der Waals surface area (Å²) in [5, 5.41) is 20.9. The average molecular weight is 288 g/mol. The molecule has 0 unspecified atom stereocenters. The van der Waals surface area contributed by atoms with Crippen LogP contribution in [0.3, 0.4) is 0 Å². The largest absolute Gasteiger partial charge is 0.387 e. The van der Waals surface area contributed by atoms with E-state index in [0.717, 1.165) is 0 Å². The topological polar surface area (TPSA) is 77.4 Å². The summed E-state index contributed by atoms with van der Waals surface area (Å²) < 4.78 is 22.8. The monoisotopic (exact) mass is 288 g/mol. The van der Waals surface area contributed by atoms with Crippen molar-refractivity contribution < 1.29 is 29.2 Å². The van der Waals surface area contributed by atoms with Gasteiger partial charge in [0.05, 0.1) is 12.2 Å². The van der Waals surface area contributed by atoms with E-state index >= 15 is 0 Å². The first kappa shape index (κ1) is 14.7. The van der Waals surface area contributed by atoms with Crippen LogP contribution in [0.4, 0.5) is 0 Å². The Kier molecular flexibility index (Phi) is 3.22. The molecule has 0 radical (unpaired) electrons. The fraction of sp³-hybridized carbons (Fsp3) is 1.00. The van der Waals surface area contributed by atoms with Crippen LogP contribution in [0.1, 0.15) is 40.5 Å². The van der Waals surface area contributed by atoms with Crippen molar-refractivity contribution in [1.29, 1.82) is 0 Å². The Labute approximate surface area is 119 Å². The van der Waals surface area contributed by atoms with E-state index in [-0.39, 0.29) is 0 Å². The van der Waals surface area contributed by atoms with Gasteiger partial charge in [0.1, 0.15) is 24.4 Å². The summed E-state index contributed by atoms with van der Waals surface area (Å²) in [4.78, 5) is 0. The molecule has 0 spiro atoms. The first-order valence-electron chi connectivity index (χ1n) is 7.20. The summed E-state index contributed by atoms with van der Waals surface area (Å²) in [5.41, 5.74) is -0.881. The standard InChI is InChI=1S/C14H24O6/c1-12(2)17-7-8(18-12)9(15)10-11(14(16)5-6-14)20-13(3,4)19-10/h8-11,15-16H,5-7H2,1-4H3/t8-,9-,10+,11+/m1/s1. The Balaban J connectivity index is 1.74. The predicted octanol–water partition coefficient (Wildman–Crippen LogP) is 0.544. The molecule has 2 aliphatic heterocycles. The maximum absolute atomic E-state index is 10.6. The fourth-order valence-electron chi connectivity index (χ4n) is 2.96. The van der Waals surface area contributed by atoms with Crippen molar-refractivity contribution in [2.75, 3.05) is 6.61 Å². The molecule has 2 heterocycles. The zero-order valence-corrected chi connectivity index (χ0v) is 12.5. The molecule has 20 heavy (non-hydrogen) atoms. The molecule has 3 aliphatic rings. The van der Waals surface area contributed by atoms with E-state index in [1.54, 1.807) is 13.8 Å². The highest BCUT2D eigenvalue weighted by Gasteiger charge is 2.61. The molecule has 3 rings (SSSR count). The Morgan fingerprint density at radius 1 is 1.00 bits per heavy atom. The molecule has 2 N–H and O–H groups in total. The number of aliphatic hydroxyl groups excluding tert-OH is 1. The van der Waals surface area contributed by atoms with Gasteiger partial charge in [0.15, 0.2) is 11.6 Å². The minimum atomic E-state index is -0.895. The van der Waals surface area contributed by atoms with Crippen molar-refractivity contribution in [1.82, 2.24) is 0 Å². The molecule has 2 saturated heterocycles. The van der Waals surface area contributed by atoms with E-state index in [9.17, 15) is 10.2 Å². The number of hydrogen-bond donors (Lipinski definition) is 2. The first-order valence-corrected chi connectivity index (χ1v) is 7.20. The van der Waals surface area contributed by atoms with Gasteiger partial charge in [-0.25, -0.2) is 0 Å². The van der Waals surface area contributed by atoms with E-state index in [2.05, 4.69) is 0 Å². The molecule has 3 fully saturated rings. The van der Waals surface area contributed by atoms with Crippen LogP contribution in [0.2, 0.25) is 0 Å². The van der Waals surface area contributed by atoms with Gasteiger partial charge < -0.3 is 29.2 Å². The van der Waals surface area contributed by atoms with E-state index < -0.39 is 41.6 Å². The van der Waals surface area contributed by atoms with Gasteiger partial charge in [-0.05, 0) is 40.5 Å². The molecule has 0 bridgehead atoms. The first-order chi connectivity index (χ1) is 9.12. The Hall–Kier alpha value is -0.240. The third kappa shape index (κ3) is 2.61. The Morgan fingerprint density at radius 2 is 1.65 bits per heavy atom. The summed E-state index contributed by atoms with van der Waals surface area (Å²) in [7, 11) is 0. The number of hydrogen-bond acceptors (Lipinski definition) is 6. The molecule has 0 amide bonds. The second kappa shape index (κ2) is 4.38. The van der Waals surface area contributed by atoms with Crippen molar-refractivity contribution in [2.24, 2.45) is 0 Å². The van der Waals surface area contributed by atoms with Crippen molar-refractivity contribution in [3.63, 3.8) is 0 Å². The summed E-state index contributed by atoms with van der Waals surface area (Å²) >= 11 is 0. The van der Waals surface area contributed by atoms with Gasteiger partial charge in [-0.15, -0.1) is 0 Å². The van der Waals surface area contributed by atoms with Crippen molar-refractivity contribution in [3.8, 4) is 0 Å². The van der Waals surface area contributed by atoms with Crippen LogP contribution < -0.4 is 0 Å². The third-order valence-corrected chi connectivity index (χ3v) is 4.17. The lowest BCUT2D eigenvalue weighted by atomic mass is 9.98. The summed E-state index contributed by atoms with van der Waals surface area (Å²) in [6, 6.07) is 0. The van der Waals surface area contributed by atoms with Crippen LogP contribution in [0.15, 0.2) is 0 Å². The molecule has 0 aromatic rings.